The molecule has 0 spiro atoms. The van der Waals surface area contributed by atoms with Crippen LogP contribution in [0.2, 0.25) is 0 Å². The highest BCUT2D eigenvalue weighted by atomic mass is 16.5. The van der Waals surface area contributed by atoms with E-state index in [1.165, 1.54) is 6.20 Å². The number of pyridine rings is 1. The first-order chi connectivity index (χ1) is 15.5. The van der Waals surface area contributed by atoms with Crippen molar-refractivity contribution in [2.45, 2.75) is 20.4 Å². The summed E-state index contributed by atoms with van der Waals surface area (Å²) >= 11 is 0. The summed E-state index contributed by atoms with van der Waals surface area (Å²) in [6, 6.07) is 14.6. The summed E-state index contributed by atoms with van der Waals surface area (Å²) in [5.41, 5.74) is 3.53. The highest BCUT2D eigenvalue weighted by Gasteiger charge is 2.30. The van der Waals surface area contributed by atoms with Crippen molar-refractivity contribution in [1.82, 2.24) is 9.55 Å². The van der Waals surface area contributed by atoms with Gasteiger partial charge in [-0.25, -0.2) is 4.79 Å². The fourth-order valence-corrected chi connectivity index (χ4v) is 3.98. The van der Waals surface area contributed by atoms with Crippen molar-refractivity contribution in [3.05, 3.63) is 95.1 Å². The van der Waals surface area contributed by atoms with E-state index in [1.54, 1.807) is 43.5 Å². The number of carbonyl (C=O) groups is 2. The van der Waals surface area contributed by atoms with Gasteiger partial charge in [0.15, 0.2) is 5.76 Å². The second-order valence-corrected chi connectivity index (χ2v) is 7.57. The number of hydrogen-bond acceptors (Lipinski definition) is 5. The zero-order chi connectivity index (χ0) is 22.2. The molecule has 158 valence electrons. The largest absolute Gasteiger partial charge is 0.452 e. The number of aromatic nitrogens is 2. The van der Waals surface area contributed by atoms with Crippen LogP contribution in [0.15, 0.2) is 72.9 Å². The number of fused-ring (bicyclic) bond motifs is 2. The van der Waals surface area contributed by atoms with Crippen LogP contribution in [0.5, 0.6) is 11.5 Å². The molecule has 0 N–H and O–H groups in total. The van der Waals surface area contributed by atoms with Gasteiger partial charge in [-0.1, -0.05) is 18.2 Å². The van der Waals surface area contributed by atoms with E-state index in [2.05, 4.69) is 22.5 Å². The molecule has 0 radical (unpaired) electrons. The molecule has 0 aliphatic carbocycles. The van der Waals surface area contributed by atoms with Gasteiger partial charge in [-0.3, -0.25) is 9.78 Å². The molecule has 0 atom stereocenters. The standard InChI is InChI=1S/C26H20N2O4/c1-3-28-15-18(20-8-4-5-9-21(20)28)12-23-25(29)24-16(2)11-19(13-22(24)32-23)31-26(30)17-7-6-10-27-14-17/h4-15H,3H2,1-2H3/b23-12-. The van der Waals surface area contributed by atoms with E-state index in [4.69, 9.17) is 9.47 Å². The molecule has 2 aromatic carbocycles. The molecule has 0 saturated carbocycles. The van der Waals surface area contributed by atoms with E-state index < -0.39 is 5.97 Å². The average molecular weight is 424 g/mol. The van der Waals surface area contributed by atoms with Gasteiger partial charge in [0, 0.05) is 47.7 Å². The van der Waals surface area contributed by atoms with E-state index in [0.717, 1.165) is 23.0 Å². The Bertz CT molecular complexity index is 1400. The average Bonchev–Trinajstić information content (AvgIpc) is 3.32. The first-order valence-electron chi connectivity index (χ1n) is 10.3. The number of ether oxygens (including phenoxy) is 2. The van der Waals surface area contributed by atoms with E-state index in [-0.39, 0.29) is 11.5 Å². The van der Waals surface area contributed by atoms with Crippen molar-refractivity contribution in [2.75, 3.05) is 0 Å². The molecule has 2 aromatic heterocycles. The fourth-order valence-electron chi connectivity index (χ4n) is 3.98. The number of carbonyl (C=O) groups excluding carboxylic acids is 2. The van der Waals surface area contributed by atoms with Gasteiger partial charge in [0.25, 0.3) is 0 Å². The zero-order valence-corrected chi connectivity index (χ0v) is 17.7. The molecule has 5 rings (SSSR count). The predicted octanol–water partition coefficient (Wildman–Crippen LogP) is 5.20. The Balaban J connectivity index is 1.47. The molecule has 0 bridgehead atoms. The molecular weight excluding hydrogens is 404 g/mol. The number of aryl methyl sites for hydroxylation is 2. The SMILES string of the molecule is CCn1cc(/C=C2\Oc3cc(OC(=O)c4cccnc4)cc(C)c3C2=O)c2ccccc21. The van der Waals surface area contributed by atoms with Crippen LogP contribution in [0.3, 0.4) is 0 Å². The number of para-hydroxylation sites is 1. The Hall–Kier alpha value is -4.19. The van der Waals surface area contributed by atoms with Crippen molar-refractivity contribution in [2.24, 2.45) is 0 Å². The van der Waals surface area contributed by atoms with Gasteiger partial charge < -0.3 is 14.0 Å². The van der Waals surface area contributed by atoms with Crippen LogP contribution >= 0.6 is 0 Å². The number of esters is 1. The van der Waals surface area contributed by atoms with Gasteiger partial charge in [0.2, 0.25) is 5.78 Å². The summed E-state index contributed by atoms with van der Waals surface area (Å²) in [6.07, 6.45) is 6.82. The van der Waals surface area contributed by atoms with Gasteiger partial charge in [-0.05, 0) is 49.8 Å². The minimum Gasteiger partial charge on any atom is -0.452 e. The molecule has 0 amide bonds. The topological polar surface area (TPSA) is 70.4 Å². The lowest BCUT2D eigenvalue weighted by Gasteiger charge is -2.07. The maximum atomic E-state index is 13.1. The molecule has 0 unspecified atom stereocenters. The quantitative estimate of drug-likeness (QED) is 0.256. The van der Waals surface area contributed by atoms with E-state index in [1.807, 2.05) is 24.4 Å². The molecule has 0 fully saturated rings. The minimum atomic E-state index is -0.523. The van der Waals surface area contributed by atoms with Crippen LogP contribution in [0.1, 0.15) is 38.8 Å². The van der Waals surface area contributed by atoms with Crippen LogP contribution in [0.4, 0.5) is 0 Å². The Morgan fingerprint density at radius 3 is 2.81 bits per heavy atom. The summed E-state index contributed by atoms with van der Waals surface area (Å²) in [4.78, 5) is 29.4. The van der Waals surface area contributed by atoms with Crippen LogP contribution in [-0.2, 0) is 6.54 Å². The van der Waals surface area contributed by atoms with Gasteiger partial charge in [-0.2, -0.15) is 0 Å². The number of allylic oxidation sites excluding steroid dienone is 1. The van der Waals surface area contributed by atoms with E-state index >= 15 is 0 Å². The Kier molecular flexibility index (Phi) is 4.82. The Morgan fingerprint density at radius 1 is 1.19 bits per heavy atom. The molecule has 3 heterocycles. The predicted molar refractivity (Wildman–Crippen MR) is 121 cm³/mol. The Morgan fingerprint density at radius 2 is 2.03 bits per heavy atom. The number of Topliss-reactive ketones (excluding diaryl/α,β-unsaturated/α-hetero) is 1. The summed E-state index contributed by atoms with van der Waals surface area (Å²) < 4.78 is 13.5. The smallest absolute Gasteiger partial charge is 0.345 e. The summed E-state index contributed by atoms with van der Waals surface area (Å²) in [5, 5.41) is 1.05. The first kappa shape index (κ1) is 19.8. The number of nitrogens with zero attached hydrogens (tertiary/aromatic N) is 2. The highest BCUT2D eigenvalue weighted by molar-refractivity contribution is 6.16. The third-order valence-electron chi connectivity index (χ3n) is 5.50. The molecule has 0 saturated heterocycles. The number of rotatable bonds is 4. The number of benzene rings is 2. The number of ketones is 1. The normalized spacial score (nSPS) is 13.9. The summed E-state index contributed by atoms with van der Waals surface area (Å²) in [6.45, 7) is 4.70. The van der Waals surface area contributed by atoms with Crippen LogP contribution in [-0.4, -0.2) is 21.3 Å². The van der Waals surface area contributed by atoms with E-state index in [0.29, 0.717) is 28.2 Å². The molecule has 1 aliphatic rings. The minimum absolute atomic E-state index is 0.184. The molecular formula is C26H20N2O4. The third kappa shape index (κ3) is 3.36. The molecule has 1 aliphatic heterocycles. The maximum absolute atomic E-state index is 13.1. The van der Waals surface area contributed by atoms with E-state index in [9.17, 15) is 9.59 Å². The molecule has 32 heavy (non-hydrogen) atoms. The second-order valence-electron chi connectivity index (χ2n) is 7.57. The first-order valence-corrected chi connectivity index (χ1v) is 10.3. The van der Waals surface area contributed by atoms with Gasteiger partial charge >= 0.3 is 5.97 Å². The summed E-state index contributed by atoms with van der Waals surface area (Å²) in [5.74, 6) is 0.236. The third-order valence-corrected chi connectivity index (χ3v) is 5.50. The van der Waals surface area contributed by atoms with Gasteiger partial charge in [0.1, 0.15) is 11.5 Å². The van der Waals surface area contributed by atoms with Crippen molar-refractivity contribution in [1.29, 1.82) is 0 Å². The van der Waals surface area contributed by atoms with Crippen LogP contribution in [0, 0.1) is 6.92 Å². The summed E-state index contributed by atoms with van der Waals surface area (Å²) in [7, 11) is 0. The lowest BCUT2D eigenvalue weighted by molar-refractivity contribution is 0.0734. The van der Waals surface area contributed by atoms with Crippen molar-refractivity contribution >= 4 is 28.7 Å². The monoisotopic (exact) mass is 424 g/mol. The highest BCUT2D eigenvalue weighted by Crippen LogP contribution is 2.38. The number of hydrogen-bond donors (Lipinski definition) is 0. The van der Waals surface area contributed by atoms with Crippen LogP contribution in [0.25, 0.3) is 17.0 Å². The van der Waals surface area contributed by atoms with Crippen LogP contribution < -0.4 is 9.47 Å². The second kappa shape index (κ2) is 7.81. The van der Waals surface area contributed by atoms with Crippen molar-refractivity contribution < 1.29 is 19.1 Å². The lowest BCUT2D eigenvalue weighted by atomic mass is 10.0. The zero-order valence-electron chi connectivity index (χ0n) is 17.7. The van der Waals surface area contributed by atoms with Gasteiger partial charge in [0.05, 0.1) is 11.1 Å². The van der Waals surface area contributed by atoms with Crippen molar-refractivity contribution in [3.63, 3.8) is 0 Å². The Labute approximate surface area is 184 Å². The van der Waals surface area contributed by atoms with Crippen molar-refractivity contribution in [3.8, 4) is 11.5 Å². The fraction of sp³-hybridized carbons (Fsp3) is 0.115. The maximum Gasteiger partial charge on any atom is 0.345 e. The molecule has 6 nitrogen and oxygen atoms in total. The molecule has 4 aromatic rings. The molecule has 6 heteroatoms. The lowest BCUT2D eigenvalue weighted by Crippen LogP contribution is -2.09. The van der Waals surface area contributed by atoms with Gasteiger partial charge in [-0.15, -0.1) is 0 Å².